The second-order valence-electron chi connectivity index (χ2n) is 8.31. The van der Waals surface area contributed by atoms with Crippen molar-refractivity contribution in [3.8, 4) is 11.3 Å². The molecule has 1 saturated heterocycles. The molecule has 0 atom stereocenters. The number of fused-ring (bicyclic) bond motifs is 1. The quantitative estimate of drug-likeness (QED) is 0.668. The van der Waals surface area contributed by atoms with Crippen molar-refractivity contribution in [2.75, 3.05) is 18.0 Å². The summed E-state index contributed by atoms with van der Waals surface area (Å²) in [5, 5.41) is 0. The molecule has 30 heavy (non-hydrogen) atoms. The minimum absolute atomic E-state index is 0.00414. The van der Waals surface area contributed by atoms with E-state index in [0.29, 0.717) is 18.2 Å². The monoisotopic (exact) mass is 402 g/mol. The summed E-state index contributed by atoms with van der Waals surface area (Å²) in [4.78, 5) is 33.0. The molecule has 0 unspecified atom stereocenters. The molecule has 3 aromatic rings. The van der Waals surface area contributed by atoms with Gasteiger partial charge in [-0.3, -0.25) is 14.3 Å². The topological polar surface area (TPSA) is 76.8 Å². The van der Waals surface area contributed by atoms with Crippen molar-refractivity contribution in [3.63, 3.8) is 0 Å². The van der Waals surface area contributed by atoms with Crippen LogP contribution in [0.4, 0.5) is 5.82 Å². The smallest absolute Gasteiger partial charge is 0.253 e. The number of aromatic nitrogens is 5. The van der Waals surface area contributed by atoms with E-state index in [4.69, 9.17) is 4.98 Å². The summed E-state index contributed by atoms with van der Waals surface area (Å²) in [5.41, 5.74) is 4.13. The van der Waals surface area contributed by atoms with Crippen LogP contribution in [0.15, 0.2) is 41.7 Å². The Labute approximate surface area is 175 Å². The SMILES string of the molecule is Cc1nc2c(c(N3CCC(Cn4cnc(-c5cccnc5)cc4=O)CC3)n1)CCC2. The molecule has 3 aromatic heterocycles. The Morgan fingerprint density at radius 1 is 1.17 bits per heavy atom. The van der Waals surface area contributed by atoms with Gasteiger partial charge in [-0.05, 0) is 57.1 Å². The Hall–Kier alpha value is -3.09. The summed E-state index contributed by atoms with van der Waals surface area (Å²) in [5.74, 6) is 2.49. The summed E-state index contributed by atoms with van der Waals surface area (Å²) >= 11 is 0. The first-order valence-electron chi connectivity index (χ1n) is 10.8. The van der Waals surface area contributed by atoms with Crippen molar-refractivity contribution in [3.05, 3.63) is 64.4 Å². The van der Waals surface area contributed by atoms with Crippen LogP contribution in [-0.2, 0) is 19.4 Å². The van der Waals surface area contributed by atoms with Crippen molar-refractivity contribution in [2.24, 2.45) is 5.92 Å². The number of aryl methyl sites for hydroxylation is 2. The van der Waals surface area contributed by atoms with Gasteiger partial charge in [0.25, 0.3) is 5.56 Å². The van der Waals surface area contributed by atoms with Crippen LogP contribution in [-0.4, -0.2) is 37.6 Å². The van der Waals surface area contributed by atoms with E-state index >= 15 is 0 Å². The number of nitrogens with zero attached hydrogens (tertiary/aromatic N) is 6. The number of rotatable bonds is 4. The third-order valence-electron chi connectivity index (χ3n) is 6.23. The van der Waals surface area contributed by atoms with E-state index in [2.05, 4.69) is 19.9 Å². The van der Waals surface area contributed by atoms with Gasteiger partial charge in [0.05, 0.1) is 12.0 Å². The Balaban J connectivity index is 1.26. The van der Waals surface area contributed by atoms with Crippen LogP contribution in [0.1, 0.15) is 36.3 Å². The van der Waals surface area contributed by atoms with Gasteiger partial charge in [-0.25, -0.2) is 15.0 Å². The molecule has 154 valence electrons. The van der Waals surface area contributed by atoms with Gasteiger partial charge in [0.1, 0.15) is 11.6 Å². The first-order valence-corrected chi connectivity index (χ1v) is 10.8. The van der Waals surface area contributed by atoms with E-state index in [1.807, 2.05) is 19.1 Å². The van der Waals surface area contributed by atoms with E-state index in [9.17, 15) is 4.79 Å². The fourth-order valence-corrected chi connectivity index (χ4v) is 4.64. The predicted molar refractivity (Wildman–Crippen MR) is 115 cm³/mol. The lowest BCUT2D eigenvalue weighted by Crippen LogP contribution is -2.37. The zero-order valence-corrected chi connectivity index (χ0v) is 17.3. The van der Waals surface area contributed by atoms with Crippen LogP contribution >= 0.6 is 0 Å². The van der Waals surface area contributed by atoms with Gasteiger partial charge in [-0.1, -0.05) is 0 Å². The largest absolute Gasteiger partial charge is 0.356 e. The van der Waals surface area contributed by atoms with E-state index in [1.165, 1.54) is 17.7 Å². The predicted octanol–water partition coefficient (Wildman–Crippen LogP) is 2.81. The van der Waals surface area contributed by atoms with Crippen molar-refractivity contribution < 1.29 is 0 Å². The molecule has 4 heterocycles. The van der Waals surface area contributed by atoms with Crippen molar-refractivity contribution in [2.45, 2.75) is 45.6 Å². The Bertz CT molecular complexity index is 1100. The van der Waals surface area contributed by atoms with Crippen LogP contribution in [0.3, 0.4) is 0 Å². The summed E-state index contributed by atoms with van der Waals surface area (Å²) in [6, 6.07) is 5.38. The second kappa shape index (κ2) is 7.97. The maximum Gasteiger partial charge on any atom is 0.253 e. The lowest BCUT2D eigenvalue weighted by Gasteiger charge is -2.34. The number of pyridine rings is 1. The zero-order chi connectivity index (χ0) is 20.5. The molecule has 7 heteroatoms. The first-order chi connectivity index (χ1) is 14.7. The van der Waals surface area contributed by atoms with Crippen LogP contribution in [0, 0.1) is 12.8 Å². The molecule has 1 aliphatic carbocycles. The molecule has 0 radical (unpaired) electrons. The third-order valence-corrected chi connectivity index (χ3v) is 6.23. The second-order valence-corrected chi connectivity index (χ2v) is 8.31. The van der Waals surface area contributed by atoms with Crippen molar-refractivity contribution in [1.82, 2.24) is 24.5 Å². The summed E-state index contributed by atoms with van der Waals surface area (Å²) in [7, 11) is 0. The van der Waals surface area contributed by atoms with Crippen molar-refractivity contribution >= 4 is 5.82 Å². The minimum atomic E-state index is -0.00414. The fraction of sp³-hybridized carbons (Fsp3) is 0.435. The molecule has 7 nitrogen and oxygen atoms in total. The normalized spacial score (nSPS) is 16.6. The van der Waals surface area contributed by atoms with Gasteiger partial charge in [-0.2, -0.15) is 0 Å². The highest BCUT2D eigenvalue weighted by molar-refractivity contribution is 5.56. The van der Waals surface area contributed by atoms with E-state index in [0.717, 1.165) is 56.0 Å². The summed E-state index contributed by atoms with van der Waals surface area (Å²) < 4.78 is 1.74. The van der Waals surface area contributed by atoms with Crippen LogP contribution in [0.5, 0.6) is 0 Å². The Morgan fingerprint density at radius 3 is 2.80 bits per heavy atom. The highest BCUT2D eigenvalue weighted by Crippen LogP contribution is 2.31. The van der Waals surface area contributed by atoms with Gasteiger partial charge in [-0.15, -0.1) is 0 Å². The maximum atomic E-state index is 12.6. The van der Waals surface area contributed by atoms with Crippen LogP contribution < -0.4 is 10.5 Å². The average molecular weight is 403 g/mol. The zero-order valence-electron chi connectivity index (χ0n) is 17.3. The Morgan fingerprint density at radius 2 is 2.03 bits per heavy atom. The molecule has 2 aliphatic rings. The van der Waals surface area contributed by atoms with Gasteiger partial charge in [0.15, 0.2) is 0 Å². The highest BCUT2D eigenvalue weighted by Gasteiger charge is 2.26. The fourth-order valence-electron chi connectivity index (χ4n) is 4.64. The molecule has 1 fully saturated rings. The Kier molecular flexibility index (Phi) is 5.02. The standard InChI is InChI=1S/C23H26N6O/c1-16-26-20-6-2-5-19(20)23(27-16)28-10-7-17(8-11-28)14-29-15-25-21(12-22(29)30)18-4-3-9-24-13-18/h3-4,9,12-13,15,17H,2,5-8,10-11,14H2,1H3. The lowest BCUT2D eigenvalue weighted by molar-refractivity contribution is 0.350. The molecule has 0 amide bonds. The molecule has 5 rings (SSSR count). The molecule has 0 N–H and O–H groups in total. The number of piperidine rings is 1. The molecule has 0 spiro atoms. The number of hydrogen-bond acceptors (Lipinski definition) is 6. The number of hydrogen-bond donors (Lipinski definition) is 0. The minimum Gasteiger partial charge on any atom is -0.356 e. The molecule has 0 bridgehead atoms. The van der Waals surface area contributed by atoms with E-state index < -0.39 is 0 Å². The average Bonchev–Trinajstić information content (AvgIpc) is 3.24. The van der Waals surface area contributed by atoms with Gasteiger partial charge < -0.3 is 4.90 Å². The van der Waals surface area contributed by atoms with Crippen molar-refractivity contribution in [1.29, 1.82) is 0 Å². The van der Waals surface area contributed by atoms with Crippen LogP contribution in [0.25, 0.3) is 11.3 Å². The van der Waals surface area contributed by atoms with Gasteiger partial charge >= 0.3 is 0 Å². The van der Waals surface area contributed by atoms with E-state index in [-0.39, 0.29) is 5.56 Å². The van der Waals surface area contributed by atoms with Gasteiger partial charge in [0, 0.05) is 54.9 Å². The van der Waals surface area contributed by atoms with Crippen LogP contribution in [0.2, 0.25) is 0 Å². The number of anilines is 1. The first kappa shape index (κ1) is 18.9. The summed E-state index contributed by atoms with van der Waals surface area (Å²) in [6.07, 6.45) is 10.6. The molecule has 0 aromatic carbocycles. The maximum absolute atomic E-state index is 12.6. The molecule has 0 saturated carbocycles. The third kappa shape index (κ3) is 3.72. The molecule has 1 aliphatic heterocycles. The van der Waals surface area contributed by atoms with E-state index in [1.54, 1.807) is 29.4 Å². The summed E-state index contributed by atoms with van der Waals surface area (Å²) in [6.45, 7) is 4.66. The molecular weight excluding hydrogens is 376 g/mol. The molecular formula is C23H26N6O. The van der Waals surface area contributed by atoms with Gasteiger partial charge in [0.2, 0.25) is 0 Å². The highest BCUT2D eigenvalue weighted by atomic mass is 16.1. The lowest BCUT2D eigenvalue weighted by atomic mass is 9.96.